The minimum absolute atomic E-state index is 0.00404. The first-order valence-corrected chi connectivity index (χ1v) is 12.5. The molecule has 2 aromatic heterocycles. The summed E-state index contributed by atoms with van der Waals surface area (Å²) in [5.74, 6) is 0.00404. The highest BCUT2D eigenvalue weighted by atomic mass is 32.3. The van der Waals surface area contributed by atoms with E-state index in [0.717, 1.165) is 28.2 Å². The van der Waals surface area contributed by atoms with Crippen LogP contribution in [0.25, 0.3) is 0 Å². The molecule has 0 amide bonds. The van der Waals surface area contributed by atoms with Crippen molar-refractivity contribution in [3.05, 3.63) is 93.8 Å². The maximum atomic E-state index is 12.6. The van der Waals surface area contributed by atoms with Gasteiger partial charge in [-0.3, -0.25) is 9.35 Å². The fourth-order valence-electron chi connectivity index (χ4n) is 2.71. The van der Waals surface area contributed by atoms with Crippen LogP contribution in [0.3, 0.4) is 0 Å². The van der Waals surface area contributed by atoms with Gasteiger partial charge >= 0.3 is 10.1 Å². The summed E-state index contributed by atoms with van der Waals surface area (Å²) in [5, 5.41) is 5.50. The van der Waals surface area contributed by atoms with Crippen LogP contribution in [0.4, 0.5) is 10.8 Å². The fourth-order valence-corrected chi connectivity index (χ4v) is 4.85. The van der Waals surface area contributed by atoms with E-state index in [9.17, 15) is 13.2 Å². The van der Waals surface area contributed by atoms with E-state index in [2.05, 4.69) is 10.3 Å². The van der Waals surface area contributed by atoms with E-state index in [4.69, 9.17) is 10.3 Å². The van der Waals surface area contributed by atoms with Gasteiger partial charge in [-0.25, -0.2) is 4.98 Å². The van der Waals surface area contributed by atoms with E-state index in [0.29, 0.717) is 22.1 Å². The third-order valence-corrected chi connectivity index (χ3v) is 7.42. The lowest BCUT2D eigenvalue weighted by molar-refractivity contribution is 0.104. The van der Waals surface area contributed by atoms with Gasteiger partial charge in [0, 0.05) is 17.8 Å². The standard InChI is InChI=1S/C18H17N3OS.C4H4O3S2/c1-12-5-2-3-8-15(12)17(22)16-11-20-18(23-16)21-14-7-4-6-13(9-14)10-19;5-9(6,7)4-2-1-3-8-4/h2-9,11H,10,19H2,1H3,(H,20,21);1-3H,(H,5,6,7). The topological polar surface area (TPSA) is 122 Å². The van der Waals surface area contributed by atoms with Crippen molar-refractivity contribution in [3.8, 4) is 0 Å². The predicted octanol–water partition coefficient (Wildman–Crippen LogP) is 4.88. The van der Waals surface area contributed by atoms with Crippen LogP contribution >= 0.6 is 22.7 Å². The van der Waals surface area contributed by atoms with Gasteiger partial charge < -0.3 is 11.1 Å². The highest BCUT2D eigenvalue weighted by Crippen LogP contribution is 2.25. The first kappa shape index (κ1) is 23.8. The average Bonchev–Trinajstić information content (AvgIpc) is 3.47. The molecule has 0 radical (unpaired) electrons. The summed E-state index contributed by atoms with van der Waals surface area (Å²) in [5.41, 5.74) is 9.29. The number of aromatic nitrogens is 1. The molecule has 4 rings (SSSR count). The van der Waals surface area contributed by atoms with Crippen molar-refractivity contribution < 1.29 is 17.8 Å². The third kappa shape index (κ3) is 6.31. The first-order chi connectivity index (χ1) is 15.3. The third-order valence-electron chi connectivity index (χ3n) is 4.28. The SMILES string of the molecule is Cc1ccccc1C(=O)c1cnc(Nc2cccc(CN)c2)s1.O=S(=O)(O)c1cccs1. The van der Waals surface area contributed by atoms with Crippen molar-refractivity contribution in [2.24, 2.45) is 5.73 Å². The smallest absolute Gasteiger partial charge is 0.304 e. The Hall–Kier alpha value is -2.89. The van der Waals surface area contributed by atoms with E-state index >= 15 is 0 Å². The Morgan fingerprint density at radius 1 is 1.12 bits per heavy atom. The number of aryl methyl sites for hydroxylation is 1. The molecule has 2 aromatic carbocycles. The van der Waals surface area contributed by atoms with Gasteiger partial charge in [0.2, 0.25) is 5.78 Å². The summed E-state index contributed by atoms with van der Waals surface area (Å²) >= 11 is 2.34. The van der Waals surface area contributed by atoms with Crippen molar-refractivity contribution >= 4 is 49.4 Å². The molecule has 4 aromatic rings. The molecule has 0 aliphatic carbocycles. The van der Waals surface area contributed by atoms with Crippen molar-refractivity contribution in [2.75, 3.05) is 5.32 Å². The predicted molar refractivity (Wildman–Crippen MR) is 128 cm³/mol. The van der Waals surface area contributed by atoms with Crippen LogP contribution in [0.1, 0.15) is 26.4 Å². The van der Waals surface area contributed by atoms with Gasteiger partial charge in [0.05, 0.1) is 11.1 Å². The van der Waals surface area contributed by atoms with E-state index in [1.54, 1.807) is 17.6 Å². The van der Waals surface area contributed by atoms with Gasteiger partial charge in [0.25, 0.3) is 0 Å². The number of carbonyl (C=O) groups is 1. The fraction of sp³-hybridized carbons (Fsp3) is 0.0909. The molecule has 0 bridgehead atoms. The largest absolute Gasteiger partial charge is 0.332 e. The number of anilines is 2. The molecule has 0 aliphatic heterocycles. The lowest BCUT2D eigenvalue weighted by atomic mass is 10.0. The zero-order chi connectivity index (χ0) is 23.1. The Kier molecular flexibility index (Phi) is 7.89. The molecule has 0 unspecified atom stereocenters. The highest BCUT2D eigenvalue weighted by Gasteiger charge is 2.15. The number of ketones is 1. The molecule has 32 heavy (non-hydrogen) atoms. The molecular formula is C22H21N3O4S3. The molecule has 0 atom stereocenters. The van der Waals surface area contributed by atoms with Crippen LogP contribution < -0.4 is 11.1 Å². The molecule has 166 valence electrons. The molecule has 2 heterocycles. The van der Waals surface area contributed by atoms with Gasteiger partial charge in [-0.15, -0.1) is 11.3 Å². The van der Waals surface area contributed by atoms with Gasteiger partial charge in [-0.2, -0.15) is 8.42 Å². The Morgan fingerprint density at radius 2 is 1.91 bits per heavy atom. The van der Waals surface area contributed by atoms with Crippen molar-refractivity contribution in [3.63, 3.8) is 0 Å². The average molecular weight is 488 g/mol. The Bertz CT molecular complexity index is 1300. The highest BCUT2D eigenvalue weighted by molar-refractivity contribution is 7.88. The lowest BCUT2D eigenvalue weighted by Crippen LogP contribution is -2.00. The Balaban J connectivity index is 0.000000269. The van der Waals surface area contributed by atoms with E-state index in [1.165, 1.54) is 17.4 Å². The molecule has 0 saturated carbocycles. The van der Waals surface area contributed by atoms with Crippen LogP contribution in [0.15, 0.2) is 76.4 Å². The van der Waals surface area contributed by atoms with Gasteiger partial charge in [-0.1, -0.05) is 53.8 Å². The maximum Gasteiger partial charge on any atom is 0.304 e. The molecule has 4 N–H and O–H groups in total. The summed E-state index contributed by atoms with van der Waals surface area (Å²) in [6.45, 7) is 2.43. The van der Waals surface area contributed by atoms with E-state index < -0.39 is 10.1 Å². The lowest BCUT2D eigenvalue weighted by Gasteiger charge is -2.04. The van der Waals surface area contributed by atoms with Crippen LogP contribution in [0.5, 0.6) is 0 Å². The van der Waals surface area contributed by atoms with Gasteiger partial charge in [0.1, 0.15) is 4.21 Å². The zero-order valence-electron chi connectivity index (χ0n) is 17.1. The van der Waals surface area contributed by atoms with Crippen molar-refractivity contribution in [1.82, 2.24) is 4.98 Å². The van der Waals surface area contributed by atoms with Gasteiger partial charge in [0.15, 0.2) is 5.13 Å². The van der Waals surface area contributed by atoms with Gasteiger partial charge in [-0.05, 0) is 41.6 Å². The second kappa shape index (κ2) is 10.6. The normalized spacial score (nSPS) is 10.8. The summed E-state index contributed by atoms with van der Waals surface area (Å²) in [7, 11) is -3.94. The number of carbonyl (C=O) groups excluding carboxylic acids is 1. The summed E-state index contributed by atoms with van der Waals surface area (Å²) in [4.78, 5) is 17.5. The number of nitrogens with one attached hydrogen (secondary N) is 1. The molecular weight excluding hydrogens is 466 g/mol. The van der Waals surface area contributed by atoms with Crippen molar-refractivity contribution in [2.45, 2.75) is 17.7 Å². The summed E-state index contributed by atoms with van der Waals surface area (Å²) in [6, 6.07) is 18.3. The zero-order valence-corrected chi connectivity index (χ0v) is 19.5. The number of thiazole rings is 1. The summed E-state index contributed by atoms with van der Waals surface area (Å²) in [6.07, 6.45) is 1.62. The molecule has 0 aliphatic rings. The minimum Gasteiger partial charge on any atom is -0.332 e. The van der Waals surface area contributed by atoms with Crippen molar-refractivity contribution in [1.29, 1.82) is 0 Å². The van der Waals surface area contributed by atoms with E-state index in [-0.39, 0.29) is 9.99 Å². The minimum atomic E-state index is -3.94. The second-order valence-electron chi connectivity index (χ2n) is 6.61. The number of benzene rings is 2. The van der Waals surface area contributed by atoms with Crippen LogP contribution in [-0.4, -0.2) is 23.7 Å². The molecule has 7 nitrogen and oxygen atoms in total. The number of nitrogens with zero attached hydrogens (tertiary/aromatic N) is 1. The van der Waals surface area contributed by atoms with E-state index in [1.807, 2.05) is 55.5 Å². The number of hydrogen-bond donors (Lipinski definition) is 3. The van der Waals surface area contributed by atoms with Crippen LogP contribution in [-0.2, 0) is 16.7 Å². The number of thiophene rings is 1. The maximum absolute atomic E-state index is 12.6. The number of rotatable bonds is 6. The monoisotopic (exact) mass is 487 g/mol. The first-order valence-electron chi connectivity index (χ1n) is 9.41. The molecule has 0 fully saturated rings. The molecule has 0 spiro atoms. The second-order valence-corrected chi connectivity index (χ2v) is 10.2. The molecule has 10 heteroatoms. The molecule has 0 saturated heterocycles. The Morgan fingerprint density at radius 3 is 2.53 bits per heavy atom. The Labute approximate surface area is 194 Å². The number of nitrogens with two attached hydrogens (primary N) is 1. The van der Waals surface area contributed by atoms with Crippen LogP contribution in [0, 0.1) is 6.92 Å². The quantitative estimate of drug-likeness (QED) is 0.262. The number of hydrogen-bond acceptors (Lipinski definition) is 8. The summed E-state index contributed by atoms with van der Waals surface area (Å²) < 4.78 is 28.9. The van der Waals surface area contributed by atoms with Crippen LogP contribution in [0.2, 0.25) is 0 Å².